The van der Waals surface area contributed by atoms with E-state index in [9.17, 15) is 0 Å². The third-order valence-corrected chi connectivity index (χ3v) is 3.74. The second-order valence-electron chi connectivity index (χ2n) is 5.83. The van der Waals surface area contributed by atoms with Crippen molar-refractivity contribution in [3.05, 3.63) is 65.2 Å². The van der Waals surface area contributed by atoms with E-state index in [1.807, 2.05) is 74.4 Å². The maximum Gasteiger partial charge on any atom is 0.197 e. The van der Waals surface area contributed by atoms with Crippen LogP contribution in [0.5, 0.6) is 5.75 Å². The van der Waals surface area contributed by atoms with Crippen molar-refractivity contribution in [3.63, 3.8) is 0 Å². The summed E-state index contributed by atoms with van der Waals surface area (Å²) in [4.78, 5) is 11.9. The Morgan fingerprint density at radius 3 is 2.23 bits per heavy atom. The van der Waals surface area contributed by atoms with Crippen molar-refractivity contribution in [3.8, 4) is 5.75 Å². The van der Waals surface area contributed by atoms with Crippen LogP contribution in [0.2, 0.25) is 0 Å². The van der Waals surface area contributed by atoms with Gasteiger partial charge in [-0.3, -0.25) is 0 Å². The molecular weight excluding hydrogens is 330 g/mol. The molecule has 0 atom stereocenters. The van der Waals surface area contributed by atoms with Crippen molar-refractivity contribution in [2.24, 2.45) is 10.3 Å². The number of rotatable bonds is 7. The molecule has 0 fully saturated rings. The number of nitrogens with zero attached hydrogens (tertiary/aromatic N) is 3. The molecule has 0 unspecified atom stereocenters. The summed E-state index contributed by atoms with van der Waals surface area (Å²) in [5.74, 6) is 1.41. The number of ether oxygens (including phenoxy) is 1. The molecule has 6 nitrogen and oxygen atoms in total. The van der Waals surface area contributed by atoms with E-state index in [1.165, 1.54) is 14.2 Å². The van der Waals surface area contributed by atoms with Gasteiger partial charge in [0.05, 0.1) is 0 Å². The van der Waals surface area contributed by atoms with Crippen molar-refractivity contribution < 1.29 is 14.4 Å². The summed E-state index contributed by atoms with van der Waals surface area (Å²) < 4.78 is 6.01. The second kappa shape index (κ2) is 9.46. The van der Waals surface area contributed by atoms with Gasteiger partial charge in [0, 0.05) is 19.7 Å². The van der Waals surface area contributed by atoms with Crippen LogP contribution in [0.15, 0.2) is 58.8 Å². The van der Waals surface area contributed by atoms with E-state index in [0.717, 1.165) is 22.4 Å². The maximum atomic E-state index is 6.01. The first-order valence-electron chi connectivity index (χ1n) is 8.25. The predicted molar refractivity (Wildman–Crippen MR) is 104 cm³/mol. The number of aryl methyl sites for hydroxylation is 1. The minimum atomic E-state index is 0.400. The summed E-state index contributed by atoms with van der Waals surface area (Å²) in [5.41, 5.74) is 3.50. The van der Waals surface area contributed by atoms with Crippen molar-refractivity contribution in [2.75, 3.05) is 28.3 Å². The van der Waals surface area contributed by atoms with Gasteiger partial charge in [0.15, 0.2) is 11.5 Å². The highest BCUT2D eigenvalue weighted by molar-refractivity contribution is 6.47. The van der Waals surface area contributed by atoms with Gasteiger partial charge in [0.1, 0.15) is 26.6 Å². The lowest BCUT2D eigenvalue weighted by Gasteiger charge is -2.18. The first-order chi connectivity index (χ1) is 12.6. The zero-order valence-electron chi connectivity index (χ0n) is 15.9. The topological polar surface area (TPSA) is 55.7 Å². The Hall–Kier alpha value is -3.02. The number of likely N-dealkylation sites (N-methyl/N-ethyl adjacent to an activating group) is 1. The number of hydrogen-bond acceptors (Lipinski definition) is 5. The minimum absolute atomic E-state index is 0.400. The van der Waals surface area contributed by atoms with Gasteiger partial charge in [-0.1, -0.05) is 52.8 Å². The molecule has 0 bridgehead atoms. The molecule has 0 amide bonds. The van der Waals surface area contributed by atoms with Gasteiger partial charge in [-0.05, 0) is 24.1 Å². The fraction of sp³-hybridized carbons (Fsp3) is 0.300. The molecule has 26 heavy (non-hydrogen) atoms. The van der Waals surface area contributed by atoms with E-state index >= 15 is 0 Å². The van der Waals surface area contributed by atoms with Gasteiger partial charge in [0.25, 0.3) is 0 Å². The fourth-order valence-electron chi connectivity index (χ4n) is 2.48. The van der Waals surface area contributed by atoms with E-state index in [4.69, 9.17) is 14.4 Å². The fourth-order valence-corrected chi connectivity index (χ4v) is 2.48. The van der Waals surface area contributed by atoms with Crippen LogP contribution in [0, 0.1) is 6.92 Å². The molecule has 0 aliphatic heterocycles. The lowest BCUT2D eigenvalue weighted by atomic mass is 10.0. The molecule has 2 rings (SSSR count). The summed E-state index contributed by atoms with van der Waals surface area (Å²) in [6.45, 7) is 2.42. The molecule has 0 N–H and O–H groups in total. The molecule has 2 aromatic carbocycles. The van der Waals surface area contributed by atoms with Crippen LogP contribution in [-0.2, 0) is 16.3 Å². The zero-order chi connectivity index (χ0) is 18.9. The Bertz CT molecular complexity index is 785. The van der Waals surface area contributed by atoms with E-state index in [2.05, 4.69) is 10.3 Å². The summed E-state index contributed by atoms with van der Waals surface area (Å²) in [5, 5.41) is 8.26. The molecule has 0 spiro atoms. The first kappa shape index (κ1) is 19.3. The van der Waals surface area contributed by atoms with Gasteiger partial charge in [-0.25, -0.2) is 0 Å². The van der Waals surface area contributed by atoms with Crippen molar-refractivity contribution in [1.82, 2.24) is 4.90 Å². The van der Waals surface area contributed by atoms with E-state index in [0.29, 0.717) is 18.2 Å². The van der Waals surface area contributed by atoms with Crippen LogP contribution in [0.1, 0.15) is 16.7 Å². The van der Waals surface area contributed by atoms with Gasteiger partial charge in [0.2, 0.25) is 0 Å². The van der Waals surface area contributed by atoms with Crippen molar-refractivity contribution in [2.45, 2.75) is 13.5 Å². The predicted octanol–water partition coefficient (Wildman–Crippen LogP) is 3.45. The van der Waals surface area contributed by atoms with Crippen LogP contribution in [0.25, 0.3) is 0 Å². The van der Waals surface area contributed by atoms with Gasteiger partial charge in [-0.2, -0.15) is 0 Å². The third kappa shape index (κ3) is 4.75. The summed E-state index contributed by atoms with van der Waals surface area (Å²) in [6, 6.07) is 15.8. The minimum Gasteiger partial charge on any atom is -0.489 e. The zero-order valence-corrected chi connectivity index (χ0v) is 15.9. The standard InChI is InChI=1S/C20H25N3O3/c1-15-10-6-9-13-18(15)26-14-16-11-7-8-12-17(16)19(21-24-4)20(22-25-5)23(2)3/h6-13H,14H2,1-5H3. The van der Waals surface area contributed by atoms with Crippen LogP contribution in [0.3, 0.4) is 0 Å². The van der Waals surface area contributed by atoms with Crippen LogP contribution < -0.4 is 4.74 Å². The van der Waals surface area contributed by atoms with Crippen molar-refractivity contribution >= 4 is 11.5 Å². The highest BCUT2D eigenvalue weighted by atomic mass is 16.6. The molecule has 0 saturated carbocycles. The average molecular weight is 355 g/mol. The molecule has 2 aromatic rings. The summed E-state index contributed by atoms with van der Waals surface area (Å²) in [6.07, 6.45) is 0. The highest BCUT2D eigenvalue weighted by Crippen LogP contribution is 2.20. The van der Waals surface area contributed by atoms with Gasteiger partial charge >= 0.3 is 0 Å². The Morgan fingerprint density at radius 1 is 0.923 bits per heavy atom. The third-order valence-electron chi connectivity index (χ3n) is 3.74. The average Bonchev–Trinajstić information content (AvgIpc) is 2.64. The quantitative estimate of drug-likeness (QED) is 0.434. The molecule has 0 aliphatic rings. The number of oxime groups is 2. The van der Waals surface area contributed by atoms with Crippen molar-refractivity contribution in [1.29, 1.82) is 0 Å². The molecule has 138 valence electrons. The van der Waals surface area contributed by atoms with Crippen LogP contribution in [-0.4, -0.2) is 44.8 Å². The molecule has 0 radical (unpaired) electrons. The molecule has 6 heteroatoms. The molecule has 0 saturated heterocycles. The second-order valence-corrected chi connectivity index (χ2v) is 5.83. The number of para-hydroxylation sites is 1. The molecular formula is C20H25N3O3. The Balaban J connectivity index is 2.38. The van der Waals surface area contributed by atoms with E-state index in [1.54, 1.807) is 0 Å². The normalized spacial score (nSPS) is 11.9. The monoisotopic (exact) mass is 355 g/mol. The Morgan fingerprint density at radius 2 is 1.58 bits per heavy atom. The first-order valence-corrected chi connectivity index (χ1v) is 8.25. The van der Waals surface area contributed by atoms with Crippen LogP contribution in [0.4, 0.5) is 0 Å². The van der Waals surface area contributed by atoms with Crippen LogP contribution >= 0.6 is 0 Å². The lowest BCUT2D eigenvalue weighted by Crippen LogP contribution is -2.32. The largest absolute Gasteiger partial charge is 0.489 e. The SMILES string of the molecule is CON=C(C(=NOC)N(C)C)c1ccccc1COc1ccccc1C. The lowest BCUT2D eigenvalue weighted by molar-refractivity contribution is 0.206. The summed E-state index contributed by atoms with van der Waals surface area (Å²) in [7, 11) is 6.75. The molecule has 0 aliphatic carbocycles. The highest BCUT2D eigenvalue weighted by Gasteiger charge is 2.19. The smallest absolute Gasteiger partial charge is 0.197 e. The number of amidine groups is 1. The van der Waals surface area contributed by atoms with Gasteiger partial charge < -0.3 is 19.3 Å². The van der Waals surface area contributed by atoms with E-state index < -0.39 is 0 Å². The molecule has 0 heterocycles. The Kier molecular flexibility index (Phi) is 7.02. The van der Waals surface area contributed by atoms with E-state index in [-0.39, 0.29) is 0 Å². The maximum absolute atomic E-state index is 6.01. The summed E-state index contributed by atoms with van der Waals surface area (Å²) >= 11 is 0. The number of hydrogen-bond donors (Lipinski definition) is 0. The van der Waals surface area contributed by atoms with Gasteiger partial charge in [-0.15, -0.1) is 0 Å². The Labute approximate surface area is 154 Å². The number of benzene rings is 2. The molecule has 0 aromatic heterocycles.